The normalized spacial score (nSPS) is 12.5. The van der Waals surface area contributed by atoms with Crippen LogP contribution in [-0.2, 0) is 6.42 Å². The van der Waals surface area contributed by atoms with Crippen LogP contribution in [-0.4, -0.2) is 0 Å². The van der Waals surface area contributed by atoms with E-state index in [9.17, 15) is 10.5 Å². The number of hydrogen-bond acceptors (Lipinski definition) is 6. The fourth-order valence-electron chi connectivity index (χ4n) is 11.6. The van der Waals surface area contributed by atoms with Gasteiger partial charge in [-0.1, -0.05) is 109 Å². The summed E-state index contributed by atoms with van der Waals surface area (Å²) in [6.07, 6.45) is 6.44. The third-order valence-corrected chi connectivity index (χ3v) is 14.7. The van der Waals surface area contributed by atoms with Crippen molar-refractivity contribution in [2.24, 2.45) is 0 Å². The summed E-state index contributed by atoms with van der Waals surface area (Å²) in [7, 11) is 0. The maximum Gasteiger partial charge on any atom is 0.159 e. The van der Waals surface area contributed by atoms with Crippen molar-refractivity contribution in [1.82, 2.24) is 0 Å². The van der Waals surface area contributed by atoms with E-state index in [0.717, 1.165) is 140 Å². The lowest BCUT2D eigenvalue weighted by atomic mass is 9.91. The van der Waals surface area contributed by atoms with Gasteiger partial charge in [-0.2, -0.15) is 10.5 Å². The molecule has 0 fully saturated rings. The maximum absolute atomic E-state index is 10.0. The lowest BCUT2D eigenvalue weighted by molar-refractivity contribution is 0.668. The molecule has 0 spiro atoms. The van der Waals surface area contributed by atoms with Crippen LogP contribution in [0.1, 0.15) is 39.8 Å². The molecule has 0 unspecified atom stereocenters. The first-order valence-electron chi connectivity index (χ1n) is 23.7. The molecule has 328 valence electrons. The minimum absolute atomic E-state index is 0.606. The van der Waals surface area contributed by atoms with Gasteiger partial charge in [-0.15, -0.1) is 0 Å². The molecule has 0 radical (unpaired) electrons. The number of benzene rings is 11. The molecule has 2 aromatic heterocycles. The predicted octanol–water partition coefficient (Wildman–Crippen LogP) is 17.8. The van der Waals surface area contributed by atoms with Crippen LogP contribution in [0.3, 0.4) is 0 Å². The molecule has 0 saturated carbocycles. The Morgan fingerprint density at radius 1 is 0.429 bits per heavy atom. The Morgan fingerprint density at radius 2 is 0.943 bits per heavy atom. The second kappa shape index (κ2) is 15.1. The van der Waals surface area contributed by atoms with Crippen molar-refractivity contribution < 1.29 is 8.83 Å². The van der Waals surface area contributed by atoms with Gasteiger partial charge in [0, 0.05) is 43.7 Å². The smallest absolute Gasteiger partial charge is 0.159 e. The van der Waals surface area contributed by atoms with E-state index in [2.05, 4.69) is 194 Å². The van der Waals surface area contributed by atoms with Crippen molar-refractivity contribution in [3.8, 4) is 12.1 Å². The molecule has 6 heteroatoms. The first-order valence-corrected chi connectivity index (χ1v) is 23.7. The first-order chi connectivity index (χ1) is 34.4. The van der Waals surface area contributed by atoms with Crippen molar-refractivity contribution in [2.45, 2.75) is 26.7 Å². The van der Waals surface area contributed by atoms with Gasteiger partial charge in [0.1, 0.15) is 11.2 Å². The Kier molecular flexibility index (Phi) is 8.57. The largest absolute Gasteiger partial charge is 0.454 e. The van der Waals surface area contributed by atoms with E-state index >= 15 is 0 Å². The highest BCUT2D eigenvalue weighted by Gasteiger charge is 2.28. The lowest BCUT2D eigenvalue weighted by Crippen LogP contribution is -2.13. The van der Waals surface area contributed by atoms with E-state index < -0.39 is 0 Å². The highest BCUT2D eigenvalue weighted by molar-refractivity contribution is 6.29. The zero-order chi connectivity index (χ0) is 46.8. The summed E-state index contributed by atoms with van der Waals surface area (Å²) in [5.74, 6) is 0. The third-order valence-electron chi connectivity index (χ3n) is 14.7. The highest BCUT2D eigenvalue weighted by Crippen LogP contribution is 2.52. The number of nitriles is 2. The predicted molar refractivity (Wildman–Crippen MR) is 288 cm³/mol. The summed E-state index contributed by atoms with van der Waals surface area (Å²) in [4.78, 5) is 4.65. The number of furan rings is 2. The van der Waals surface area contributed by atoms with E-state index in [4.69, 9.17) is 8.83 Å². The Bertz CT molecular complexity index is 4500. The average molecular weight is 897 g/mol. The molecule has 0 atom stereocenters. The summed E-state index contributed by atoms with van der Waals surface area (Å²) in [5, 5.41) is 33.4. The Morgan fingerprint density at radius 3 is 1.54 bits per heavy atom. The fraction of sp³-hybridized carbons (Fsp3) is 0.0625. The van der Waals surface area contributed by atoms with E-state index in [1.165, 1.54) is 16.5 Å². The topological polar surface area (TPSA) is 80.3 Å². The summed E-state index contributed by atoms with van der Waals surface area (Å²) in [6, 6.07) is 64.4. The van der Waals surface area contributed by atoms with E-state index in [1.807, 2.05) is 24.3 Å². The van der Waals surface area contributed by atoms with Crippen LogP contribution in [0.15, 0.2) is 185 Å². The molecule has 11 aromatic carbocycles. The first kappa shape index (κ1) is 39.8. The maximum atomic E-state index is 10.0. The van der Waals surface area contributed by atoms with Gasteiger partial charge in [0.05, 0.1) is 46.0 Å². The molecule has 0 saturated heterocycles. The fourth-order valence-corrected chi connectivity index (χ4v) is 11.6. The van der Waals surface area contributed by atoms with Gasteiger partial charge in [-0.3, -0.25) is 0 Å². The molecule has 14 rings (SSSR count). The molecule has 70 heavy (non-hydrogen) atoms. The van der Waals surface area contributed by atoms with Gasteiger partial charge in [-0.25, -0.2) is 0 Å². The van der Waals surface area contributed by atoms with Crippen LogP contribution in [0.4, 0.5) is 34.1 Å². The number of aryl methyl sites for hydroxylation is 3. The van der Waals surface area contributed by atoms with Gasteiger partial charge in [0.25, 0.3) is 0 Å². The lowest BCUT2D eigenvalue weighted by Gasteiger charge is -2.30. The number of allylic oxidation sites excluding steroid dienone is 1. The SMILES string of the molecule is Cc1cc(C#N)ccc1N(c1ccc2ccc3c(N(c4ccc(C#N)cc4C)c4cccc5c4oc4ccc6ccccc6c45)ccc4ccc1c2c43)c1cccc2c1oc1ccc3c(c12)CCC=C3. The number of anilines is 6. The van der Waals surface area contributed by atoms with Crippen LogP contribution in [0, 0.1) is 36.5 Å². The van der Waals surface area contributed by atoms with E-state index in [1.54, 1.807) is 0 Å². The van der Waals surface area contributed by atoms with Crippen molar-refractivity contribution in [3.63, 3.8) is 0 Å². The average Bonchev–Trinajstić information content (AvgIpc) is 4.00. The van der Waals surface area contributed by atoms with Gasteiger partial charge in [0.2, 0.25) is 0 Å². The third kappa shape index (κ3) is 5.71. The number of hydrogen-bond donors (Lipinski definition) is 0. The van der Waals surface area contributed by atoms with Crippen molar-refractivity contribution in [1.29, 1.82) is 10.5 Å². The van der Waals surface area contributed by atoms with Crippen molar-refractivity contribution in [3.05, 3.63) is 209 Å². The monoisotopic (exact) mass is 896 g/mol. The molecule has 1 aliphatic carbocycles. The molecule has 0 bridgehead atoms. The minimum atomic E-state index is 0.606. The summed E-state index contributed by atoms with van der Waals surface area (Å²) in [6.45, 7) is 4.16. The Hall–Kier alpha value is -9.36. The quantitative estimate of drug-likeness (QED) is 0.155. The summed E-state index contributed by atoms with van der Waals surface area (Å²) >= 11 is 0. The number of nitrogens with zero attached hydrogens (tertiary/aromatic N) is 4. The summed E-state index contributed by atoms with van der Waals surface area (Å²) < 4.78 is 13.9. The van der Waals surface area contributed by atoms with Gasteiger partial charge in [0.15, 0.2) is 11.2 Å². The molecular formula is C64H40N4O2. The molecular weight excluding hydrogens is 857 g/mol. The van der Waals surface area contributed by atoms with Crippen LogP contribution >= 0.6 is 0 Å². The molecule has 6 nitrogen and oxygen atoms in total. The molecule has 2 heterocycles. The number of fused-ring (bicyclic) bond motifs is 10. The van der Waals surface area contributed by atoms with Gasteiger partial charge < -0.3 is 18.6 Å². The number of rotatable bonds is 6. The Balaban J connectivity index is 1.04. The minimum Gasteiger partial charge on any atom is -0.454 e. The second-order valence-electron chi connectivity index (χ2n) is 18.6. The molecule has 1 aliphatic rings. The molecule has 0 N–H and O–H groups in total. The highest BCUT2D eigenvalue weighted by atomic mass is 16.3. The van der Waals surface area contributed by atoms with Crippen molar-refractivity contribution in [2.75, 3.05) is 9.80 Å². The molecule has 13 aromatic rings. The van der Waals surface area contributed by atoms with E-state index in [-0.39, 0.29) is 0 Å². The summed E-state index contributed by atoms with van der Waals surface area (Å²) in [5.41, 5.74) is 14.8. The van der Waals surface area contributed by atoms with Crippen LogP contribution < -0.4 is 9.80 Å². The Labute approximate surface area is 402 Å². The van der Waals surface area contributed by atoms with Crippen LogP contribution in [0.5, 0.6) is 0 Å². The molecule has 0 amide bonds. The number of para-hydroxylation sites is 2. The van der Waals surface area contributed by atoms with Gasteiger partial charge in [-0.05, 0) is 154 Å². The zero-order valence-electron chi connectivity index (χ0n) is 38.3. The van der Waals surface area contributed by atoms with Gasteiger partial charge >= 0.3 is 0 Å². The standard InChI is InChI=1S/C64H40N4O2/c1-37-33-39(35-65)17-27-51(37)67(55-15-7-13-49-61-45-11-5-3-9-41(45)23-31-57(61)69-63(49)55)53-29-21-43-20-26-48-54(30-22-44-19-25-47(53)59(43)60(44)48)68(52-28-18-40(36-66)34-38(52)2)56-16-8-14-50-62-46-12-6-4-10-42(46)24-32-58(62)70-64(50)56/h3-5,7-11,13-34H,6,12H2,1-2H3. The van der Waals surface area contributed by atoms with E-state index in [0.29, 0.717) is 11.1 Å². The van der Waals surface area contributed by atoms with Crippen LogP contribution in [0.2, 0.25) is 0 Å². The van der Waals surface area contributed by atoms with Crippen LogP contribution in [0.25, 0.3) is 93.0 Å². The van der Waals surface area contributed by atoms with Crippen molar-refractivity contribution >= 4 is 127 Å². The zero-order valence-corrected chi connectivity index (χ0v) is 38.3. The second-order valence-corrected chi connectivity index (χ2v) is 18.6. The molecule has 0 aliphatic heterocycles.